The number of β-amino-alcohol motifs (C(OH)–C–C–N with tert-alkyl or cyclic N) is 1. The standard InChI is InChI=1S/C19H22N4O3S/c1-13-16-9-15(27(25,26)22-11-17(24)19(2,3)12-22)10-20-18(16)23(21-13)14-7-5-4-6-8-14/h4-10,17,24H,11-12H2,1-3H3. The number of aliphatic hydroxyl groups excluding tert-OH is 1. The van der Waals surface area contributed by atoms with Gasteiger partial charge in [-0.25, -0.2) is 18.1 Å². The van der Waals surface area contributed by atoms with Gasteiger partial charge in [0.1, 0.15) is 4.90 Å². The van der Waals surface area contributed by atoms with Gasteiger partial charge in [0.25, 0.3) is 0 Å². The summed E-state index contributed by atoms with van der Waals surface area (Å²) < 4.78 is 29.1. The summed E-state index contributed by atoms with van der Waals surface area (Å²) >= 11 is 0. The van der Waals surface area contributed by atoms with E-state index in [1.165, 1.54) is 10.5 Å². The Morgan fingerprint density at radius 1 is 1.22 bits per heavy atom. The van der Waals surface area contributed by atoms with Gasteiger partial charge >= 0.3 is 0 Å². The van der Waals surface area contributed by atoms with Gasteiger partial charge in [0.2, 0.25) is 10.0 Å². The minimum Gasteiger partial charge on any atom is -0.391 e. The van der Waals surface area contributed by atoms with E-state index >= 15 is 0 Å². The van der Waals surface area contributed by atoms with Crippen molar-refractivity contribution in [3.8, 4) is 5.69 Å². The second-order valence-corrected chi connectivity index (χ2v) is 9.61. The Bertz CT molecular complexity index is 1110. The Hall–Kier alpha value is -2.29. The predicted octanol–water partition coefficient (Wildman–Crippen LogP) is 2.12. The molecule has 8 heteroatoms. The summed E-state index contributed by atoms with van der Waals surface area (Å²) in [6.45, 7) is 5.93. The molecule has 1 atom stereocenters. The third-order valence-corrected chi connectivity index (χ3v) is 6.96. The minimum atomic E-state index is -3.73. The average Bonchev–Trinajstić information content (AvgIpc) is 3.12. The van der Waals surface area contributed by atoms with Crippen molar-refractivity contribution in [1.82, 2.24) is 19.1 Å². The number of aryl methyl sites for hydroxylation is 1. The molecule has 0 bridgehead atoms. The molecular weight excluding hydrogens is 364 g/mol. The SMILES string of the molecule is Cc1nn(-c2ccccc2)c2ncc(S(=O)(=O)N3CC(O)C(C)(C)C3)cc12. The van der Waals surface area contributed by atoms with Gasteiger partial charge in [-0.1, -0.05) is 32.0 Å². The molecule has 1 unspecified atom stereocenters. The number of aromatic nitrogens is 3. The van der Waals surface area contributed by atoms with E-state index in [4.69, 9.17) is 0 Å². The summed E-state index contributed by atoms with van der Waals surface area (Å²) in [5.74, 6) is 0. The molecule has 0 saturated carbocycles. The first kappa shape index (κ1) is 18.1. The van der Waals surface area contributed by atoms with Crippen LogP contribution in [0.3, 0.4) is 0 Å². The van der Waals surface area contributed by atoms with E-state index in [1.807, 2.05) is 51.1 Å². The lowest BCUT2D eigenvalue weighted by atomic mass is 9.90. The molecule has 0 aliphatic carbocycles. The van der Waals surface area contributed by atoms with E-state index in [0.717, 1.165) is 5.69 Å². The summed E-state index contributed by atoms with van der Waals surface area (Å²) in [6, 6.07) is 11.2. The van der Waals surface area contributed by atoms with Crippen LogP contribution < -0.4 is 0 Å². The van der Waals surface area contributed by atoms with Gasteiger partial charge in [0, 0.05) is 30.1 Å². The first-order chi connectivity index (χ1) is 12.7. The van der Waals surface area contributed by atoms with Gasteiger partial charge in [-0.05, 0) is 25.1 Å². The molecule has 0 radical (unpaired) electrons. The minimum absolute atomic E-state index is 0.0929. The first-order valence-electron chi connectivity index (χ1n) is 8.79. The van der Waals surface area contributed by atoms with Crippen LogP contribution in [-0.2, 0) is 10.0 Å². The van der Waals surface area contributed by atoms with Gasteiger partial charge in [-0.3, -0.25) is 0 Å². The molecule has 1 aliphatic rings. The summed E-state index contributed by atoms with van der Waals surface area (Å²) in [4.78, 5) is 4.52. The topological polar surface area (TPSA) is 88.3 Å². The van der Waals surface area contributed by atoms with E-state index in [9.17, 15) is 13.5 Å². The smallest absolute Gasteiger partial charge is 0.244 e. The number of rotatable bonds is 3. The fourth-order valence-corrected chi connectivity index (χ4v) is 5.00. The zero-order chi connectivity index (χ0) is 19.4. The lowest BCUT2D eigenvalue weighted by Gasteiger charge is -2.21. The number of hydrogen-bond acceptors (Lipinski definition) is 5. The highest BCUT2D eigenvalue weighted by molar-refractivity contribution is 7.89. The van der Waals surface area contributed by atoms with Crippen LogP contribution in [0, 0.1) is 12.3 Å². The monoisotopic (exact) mass is 386 g/mol. The lowest BCUT2D eigenvalue weighted by molar-refractivity contribution is 0.0960. The van der Waals surface area contributed by atoms with Crippen LogP contribution in [0.2, 0.25) is 0 Å². The Labute approximate surface area is 158 Å². The maximum atomic E-state index is 13.0. The first-order valence-corrected chi connectivity index (χ1v) is 10.2. The molecule has 0 amide bonds. The van der Waals surface area contributed by atoms with Crippen molar-refractivity contribution in [2.45, 2.75) is 31.8 Å². The number of nitrogens with zero attached hydrogens (tertiary/aromatic N) is 4. The molecule has 1 saturated heterocycles. The van der Waals surface area contributed by atoms with Crippen LogP contribution in [0.25, 0.3) is 16.7 Å². The van der Waals surface area contributed by atoms with Crippen LogP contribution in [-0.4, -0.2) is 51.8 Å². The third-order valence-electron chi connectivity index (χ3n) is 5.18. The number of pyridine rings is 1. The third kappa shape index (κ3) is 2.93. The lowest BCUT2D eigenvalue weighted by Crippen LogP contribution is -2.30. The van der Waals surface area contributed by atoms with Crippen LogP contribution in [0.15, 0.2) is 47.5 Å². The zero-order valence-corrected chi connectivity index (χ0v) is 16.3. The average molecular weight is 386 g/mol. The summed E-state index contributed by atoms with van der Waals surface area (Å²) in [5.41, 5.74) is 1.71. The molecule has 7 nitrogen and oxygen atoms in total. The van der Waals surface area contributed by atoms with Crippen molar-refractivity contribution in [3.63, 3.8) is 0 Å². The maximum Gasteiger partial charge on any atom is 0.244 e. The van der Waals surface area contributed by atoms with E-state index in [0.29, 0.717) is 16.7 Å². The molecule has 4 rings (SSSR count). The number of sulfonamides is 1. The van der Waals surface area contributed by atoms with Gasteiger partial charge < -0.3 is 5.11 Å². The Kier molecular flexibility index (Phi) is 4.10. The molecule has 142 valence electrons. The Balaban J connectivity index is 1.78. The molecule has 1 aliphatic heterocycles. The fourth-order valence-electron chi connectivity index (χ4n) is 3.41. The summed E-state index contributed by atoms with van der Waals surface area (Å²) in [5, 5.41) is 15.4. The fraction of sp³-hybridized carbons (Fsp3) is 0.368. The number of hydrogen-bond donors (Lipinski definition) is 1. The van der Waals surface area contributed by atoms with Crippen molar-refractivity contribution in [2.24, 2.45) is 5.41 Å². The van der Waals surface area contributed by atoms with Gasteiger partial charge in [0.15, 0.2) is 5.65 Å². The van der Waals surface area contributed by atoms with E-state index in [1.54, 1.807) is 10.7 Å². The molecule has 3 aromatic rings. The molecule has 1 fully saturated rings. The second-order valence-electron chi connectivity index (χ2n) is 7.68. The maximum absolute atomic E-state index is 13.0. The Morgan fingerprint density at radius 2 is 1.93 bits per heavy atom. The van der Waals surface area contributed by atoms with E-state index < -0.39 is 21.5 Å². The molecule has 1 N–H and O–H groups in total. The zero-order valence-electron chi connectivity index (χ0n) is 15.5. The van der Waals surface area contributed by atoms with Crippen molar-refractivity contribution >= 4 is 21.1 Å². The van der Waals surface area contributed by atoms with Crippen LogP contribution in [0.4, 0.5) is 0 Å². The summed E-state index contributed by atoms with van der Waals surface area (Å²) in [7, 11) is -3.73. The van der Waals surface area contributed by atoms with Crippen molar-refractivity contribution < 1.29 is 13.5 Å². The van der Waals surface area contributed by atoms with Gasteiger partial charge in [-0.2, -0.15) is 9.40 Å². The van der Waals surface area contributed by atoms with Crippen LogP contribution >= 0.6 is 0 Å². The van der Waals surface area contributed by atoms with E-state index in [2.05, 4.69) is 10.1 Å². The molecule has 0 spiro atoms. The van der Waals surface area contributed by atoms with Crippen molar-refractivity contribution in [2.75, 3.05) is 13.1 Å². The molecule has 27 heavy (non-hydrogen) atoms. The number of aliphatic hydroxyl groups is 1. The largest absolute Gasteiger partial charge is 0.391 e. The number of fused-ring (bicyclic) bond motifs is 1. The highest BCUT2D eigenvalue weighted by Crippen LogP contribution is 2.34. The molecule has 1 aromatic carbocycles. The van der Waals surface area contributed by atoms with E-state index in [-0.39, 0.29) is 18.0 Å². The van der Waals surface area contributed by atoms with Crippen molar-refractivity contribution in [1.29, 1.82) is 0 Å². The van der Waals surface area contributed by atoms with Crippen LogP contribution in [0.5, 0.6) is 0 Å². The molecular formula is C19H22N4O3S. The van der Waals surface area contributed by atoms with Gasteiger partial charge in [0.05, 0.1) is 17.5 Å². The molecule has 2 aromatic heterocycles. The second kappa shape index (κ2) is 6.12. The highest BCUT2D eigenvalue weighted by atomic mass is 32.2. The highest BCUT2D eigenvalue weighted by Gasteiger charge is 2.43. The van der Waals surface area contributed by atoms with Crippen molar-refractivity contribution in [3.05, 3.63) is 48.3 Å². The quantitative estimate of drug-likeness (QED) is 0.745. The molecule has 3 heterocycles. The summed E-state index contributed by atoms with van der Waals surface area (Å²) in [6.07, 6.45) is 0.683. The Morgan fingerprint density at radius 3 is 2.56 bits per heavy atom. The normalized spacial score (nSPS) is 20.4. The number of benzene rings is 1. The van der Waals surface area contributed by atoms with Crippen LogP contribution in [0.1, 0.15) is 19.5 Å². The predicted molar refractivity (Wildman–Crippen MR) is 102 cm³/mol. The number of para-hydroxylation sites is 1. The van der Waals surface area contributed by atoms with Gasteiger partial charge in [-0.15, -0.1) is 0 Å².